The van der Waals surface area contributed by atoms with Gasteiger partial charge in [0.05, 0.1) is 4.90 Å². The molecule has 8 heteroatoms. The van der Waals surface area contributed by atoms with Crippen LogP contribution in [0.2, 0.25) is 0 Å². The second-order valence-electron chi connectivity index (χ2n) is 5.16. The summed E-state index contributed by atoms with van der Waals surface area (Å²) in [6.45, 7) is 1.90. The Morgan fingerprint density at radius 2 is 1.33 bits per heavy atom. The van der Waals surface area contributed by atoms with E-state index in [-0.39, 0.29) is 4.90 Å². The van der Waals surface area contributed by atoms with E-state index in [1.54, 1.807) is 48.5 Å². The van der Waals surface area contributed by atoms with Crippen molar-refractivity contribution in [1.82, 2.24) is 0 Å². The highest BCUT2D eigenvalue weighted by Crippen LogP contribution is 2.17. The summed E-state index contributed by atoms with van der Waals surface area (Å²) >= 11 is 0. The van der Waals surface area contributed by atoms with Crippen molar-refractivity contribution in [3.63, 3.8) is 0 Å². The van der Waals surface area contributed by atoms with Gasteiger partial charge < -0.3 is 13.3 Å². The molecular weight excluding hydrogens is 346 g/mol. The molecule has 0 unspecified atom stereocenters. The Hall–Kier alpha value is -1.71. The maximum atomic E-state index is 12.4. The van der Waals surface area contributed by atoms with Gasteiger partial charge in [0.15, 0.2) is 0 Å². The number of anilines is 1. The van der Waals surface area contributed by atoms with Crippen LogP contribution in [0.1, 0.15) is 5.56 Å². The summed E-state index contributed by atoms with van der Waals surface area (Å²) in [5.74, 6) is 0. The highest BCUT2D eigenvalue weighted by Gasteiger charge is 2.40. The van der Waals surface area contributed by atoms with Crippen LogP contribution in [-0.2, 0) is 23.3 Å². The first-order valence-corrected chi connectivity index (χ1v) is 10.4. The van der Waals surface area contributed by atoms with E-state index in [4.69, 9.17) is 13.3 Å². The van der Waals surface area contributed by atoms with E-state index in [1.807, 2.05) is 6.92 Å². The van der Waals surface area contributed by atoms with Crippen LogP contribution in [-0.4, -0.2) is 38.6 Å². The highest BCUT2D eigenvalue weighted by molar-refractivity contribution is 7.92. The number of rotatable bonds is 7. The van der Waals surface area contributed by atoms with Crippen molar-refractivity contribution < 1.29 is 21.7 Å². The summed E-state index contributed by atoms with van der Waals surface area (Å²) in [4.78, 5) is 0.214. The number of sulfonamides is 1. The zero-order valence-electron chi connectivity index (χ0n) is 14.1. The van der Waals surface area contributed by atoms with Gasteiger partial charge in [-0.2, -0.15) is 0 Å². The Morgan fingerprint density at radius 3 is 1.79 bits per heavy atom. The maximum absolute atomic E-state index is 12.4. The molecule has 0 spiro atoms. The molecule has 1 N–H and O–H groups in total. The number of hydrogen-bond donors (Lipinski definition) is 1. The summed E-state index contributed by atoms with van der Waals surface area (Å²) in [6, 6.07) is 13.4. The van der Waals surface area contributed by atoms with Crippen molar-refractivity contribution in [2.24, 2.45) is 0 Å². The van der Waals surface area contributed by atoms with E-state index >= 15 is 0 Å². The monoisotopic (exact) mass is 367 g/mol. The second kappa shape index (κ2) is 7.45. The van der Waals surface area contributed by atoms with Crippen molar-refractivity contribution in [3.05, 3.63) is 54.1 Å². The molecule has 2 rings (SSSR count). The molecule has 0 aliphatic rings. The molecule has 0 atom stereocenters. The number of aryl methyl sites for hydroxylation is 1. The Balaban J connectivity index is 2.24. The van der Waals surface area contributed by atoms with E-state index in [2.05, 4.69) is 4.72 Å². The van der Waals surface area contributed by atoms with Crippen LogP contribution < -0.4 is 9.91 Å². The molecule has 24 heavy (non-hydrogen) atoms. The zero-order chi connectivity index (χ0) is 17.8. The summed E-state index contributed by atoms with van der Waals surface area (Å²) in [6.07, 6.45) is 0. The fraction of sp³-hybridized carbons (Fsp3) is 0.250. The van der Waals surface area contributed by atoms with Gasteiger partial charge in [-0.1, -0.05) is 29.8 Å². The van der Waals surface area contributed by atoms with Crippen molar-refractivity contribution in [1.29, 1.82) is 0 Å². The van der Waals surface area contributed by atoms with E-state index in [9.17, 15) is 8.42 Å². The van der Waals surface area contributed by atoms with E-state index in [0.29, 0.717) is 5.69 Å². The van der Waals surface area contributed by atoms with Crippen LogP contribution in [0.3, 0.4) is 0 Å². The summed E-state index contributed by atoms with van der Waals surface area (Å²) in [5.41, 5.74) is 1.45. The van der Waals surface area contributed by atoms with Crippen LogP contribution >= 0.6 is 0 Å². The fourth-order valence-electron chi connectivity index (χ4n) is 2.28. The van der Waals surface area contributed by atoms with Gasteiger partial charge in [-0.15, -0.1) is 0 Å². The molecule has 2 aromatic carbocycles. The van der Waals surface area contributed by atoms with Crippen LogP contribution in [0, 0.1) is 6.92 Å². The smallest absolute Gasteiger partial charge is 0.373 e. The minimum absolute atomic E-state index is 0.214. The molecule has 0 saturated heterocycles. The molecule has 0 bridgehead atoms. The van der Waals surface area contributed by atoms with Gasteiger partial charge in [0.25, 0.3) is 10.0 Å². The first kappa shape index (κ1) is 18.6. The molecule has 0 saturated carbocycles. The largest absolute Gasteiger partial charge is 0.536 e. The molecule has 6 nitrogen and oxygen atoms in total. The minimum atomic E-state index is -3.63. The number of nitrogens with one attached hydrogen (secondary N) is 1. The van der Waals surface area contributed by atoms with Crippen LogP contribution in [0.5, 0.6) is 0 Å². The lowest BCUT2D eigenvalue weighted by molar-refractivity contribution is 0.140. The SMILES string of the molecule is CO[Si](OC)(OC)c1ccc(NS(=O)(=O)c2ccc(C)cc2)cc1. The standard InChI is InChI=1S/C16H21NO5SSi/c1-13-5-9-15(10-6-13)23(18,19)17-14-7-11-16(12-8-14)24(20-2,21-3)22-4/h5-12,17H,1-4H3. The average molecular weight is 367 g/mol. The normalized spacial score (nSPS) is 12.2. The van der Waals surface area contributed by atoms with Gasteiger partial charge in [0, 0.05) is 32.2 Å². The molecule has 0 aromatic heterocycles. The number of benzene rings is 2. The molecule has 0 radical (unpaired) electrons. The Labute approximate surface area is 143 Å². The van der Waals surface area contributed by atoms with E-state index in [0.717, 1.165) is 10.8 Å². The topological polar surface area (TPSA) is 73.9 Å². The lowest BCUT2D eigenvalue weighted by atomic mass is 10.2. The van der Waals surface area contributed by atoms with Gasteiger partial charge in [0.2, 0.25) is 0 Å². The summed E-state index contributed by atoms with van der Waals surface area (Å²) in [5, 5.41) is 0.744. The molecular formula is C16H21NO5SSi. The van der Waals surface area contributed by atoms with Gasteiger partial charge >= 0.3 is 8.80 Å². The predicted octanol–water partition coefficient (Wildman–Crippen LogP) is 1.88. The Morgan fingerprint density at radius 1 is 0.833 bits per heavy atom. The first-order valence-electron chi connectivity index (χ1n) is 7.22. The minimum Gasteiger partial charge on any atom is -0.373 e. The third-order valence-corrected chi connectivity index (χ3v) is 7.68. The molecule has 130 valence electrons. The molecule has 0 fully saturated rings. The van der Waals surface area contributed by atoms with Crippen molar-refractivity contribution in [2.75, 3.05) is 26.1 Å². The Kier molecular flexibility index (Phi) is 5.78. The van der Waals surface area contributed by atoms with Gasteiger partial charge in [0.1, 0.15) is 0 Å². The van der Waals surface area contributed by atoms with Crippen LogP contribution in [0.25, 0.3) is 0 Å². The third-order valence-electron chi connectivity index (χ3n) is 3.63. The lowest BCUT2D eigenvalue weighted by Gasteiger charge is -2.24. The molecule has 0 aliphatic heterocycles. The molecule has 2 aromatic rings. The van der Waals surface area contributed by atoms with E-state index in [1.165, 1.54) is 21.3 Å². The molecule has 0 heterocycles. The third kappa shape index (κ3) is 3.85. The number of hydrogen-bond acceptors (Lipinski definition) is 5. The van der Waals surface area contributed by atoms with Crippen LogP contribution in [0.15, 0.2) is 53.4 Å². The molecule has 0 amide bonds. The van der Waals surface area contributed by atoms with Gasteiger partial charge in [-0.25, -0.2) is 8.42 Å². The summed E-state index contributed by atoms with van der Waals surface area (Å²) < 4.78 is 43.5. The lowest BCUT2D eigenvalue weighted by Crippen LogP contribution is -2.54. The predicted molar refractivity (Wildman–Crippen MR) is 94.8 cm³/mol. The van der Waals surface area contributed by atoms with Gasteiger partial charge in [-0.05, 0) is 31.2 Å². The van der Waals surface area contributed by atoms with Crippen molar-refractivity contribution >= 4 is 29.7 Å². The van der Waals surface area contributed by atoms with Crippen molar-refractivity contribution in [2.45, 2.75) is 11.8 Å². The second-order valence-corrected chi connectivity index (χ2v) is 9.76. The highest BCUT2D eigenvalue weighted by atomic mass is 32.2. The van der Waals surface area contributed by atoms with Crippen LogP contribution in [0.4, 0.5) is 5.69 Å². The van der Waals surface area contributed by atoms with E-state index < -0.39 is 18.8 Å². The first-order chi connectivity index (χ1) is 11.4. The van der Waals surface area contributed by atoms with Gasteiger partial charge in [-0.3, -0.25) is 4.72 Å². The van der Waals surface area contributed by atoms with Crippen molar-refractivity contribution in [3.8, 4) is 0 Å². The summed E-state index contributed by atoms with van der Waals surface area (Å²) in [7, 11) is -1.99. The molecule has 0 aliphatic carbocycles. The quantitative estimate of drug-likeness (QED) is 0.757. The fourth-order valence-corrected chi connectivity index (χ4v) is 5.12. The maximum Gasteiger partial charge on any atom is 0.536 e. The Bertz CT molecular complexity index is 763. The average Bonchev–Trinajstić information content (AvgIpc) is 2.58. The zero-order valence-corrected chi connectivity index (χ0v) is 15.9.